The third-order valence-electron chi connectivity index (χ3n) is 2.89. The van der Waals surface area contributed by atoms with E-state index in [4.69, 9.17) is 5.11 Å². The Morgan fingerprint density at radius 2 is 1.79 bits per heavy atom. The van der Waals surface area contributed by atoms with Crippen LogP contribution in [0.25, 0.3) is 0 Å². The summed E-state index contributed by atoms with van der Waals surface area (Å²) in [6.07, 6.45) is 1.56. The minimum absolute atomic E-state index is 0.126. The van der Waals surface area contributed by atoms with E-state index in [1.165, 1.54) is 11.1 Å². The second-order valence-corrected chi connectivity index (χ2v) is 4.62. The van der Waals surface area contributed by atoms with Crippen LogP contribution < -0.4 is 0 Å². The number of benzene rings is 1. The molecule has 1 aromatic carbocycles. The summed E-state index contributed by atoms with van der Waals surface area (Å²) in [5, 5.41) is 8.92. The summed E-state index contributed by atoms with van der Waals surface area (Å²) in [4.78, 5) is 18.8. The van der Waals surface area contributed by atoms with Crippen LogP contribution >= 0.6 is 0 Å². The highest BCUT2D eigenvalue weighted by Crippen LogP contribution is 2.08. The summed E-state index contributed by atoms with van der Waals surface area (Å²) in [5.41, 5.74) is 3.91. The molecule has 0 saturated heterocycles. The molecular weight excluding hydrogens is 240 g/mol. The molecule has 2 aromatic rings. The molecule has 0 saturated carbocycles. The van der Waals surface area contributed by atoms with E-state index in [1.807, 2.05) is 6.07 Å². The Bertz CT molecular complexity index is 592. The molecule has 2 rings (SSSR count). The molecule has 0 spiro atoms. The standard InChI is InChI=1S/C15H16N2O2/c1-10-3-5-12(6-4-10)7-8-13-9-11(2)16-14(17-13)15(18)19/h3-6,9H,7-8H2,1-2H3,(H,18,19). The Morgan fingerprint density at radius 1 is 1.11 bits per heavy atom. The molecule has 0 radical (unpaired) electrons. The van der Waals surface area contributed by atoms with Crippen molar-refractivity contribution >= 4 is 5.97 Å². The van der Waals surface area contributed by atoms with E-state index in [2.05, 4.69) is 41.2 Å². The minimum Gasteiger partial charge on any atom is -0.475 e. The fourth-order valence-electron chi connectivity index (χ4n) is 1.88. The summed E-state index contributed by atoms with van der Waals surface area (Å²) in [5.74, 6) is -1.21. The normalized spacial score (nSPS) is 10.4. The van der Waals surface area contributed by atoms with Gasteiger partial charge in [0.05, 0.1) is 0 Å². The van der Waals surface area contributed by atoms with Gasteiger partial charge < -0.3 is 5.11 Å². The summed E-state index contributed by atoms with van der Waals surface area (Å²) >= 11 is 0. The molecule has 98 valence electrons. The first-order valence-electron chi connectivity index (χ1n) is 6.18. The molecule has 19 heavy (non-hydrogen) atoms. The fraction of sp³-hybridized carbons (Fsp3) is 0.267. The maximum Gasteiger partial charge on any atom is 0.373 e. The molecule has 0 aliphatic heterocycles. The second kappa shape index (κ2) is 5.61. The molecule has 0 bridgehead atoms. The molecule has 1 heterocycles. The van der Waals surface area contributed by atoms with E-state index in [0.717, 1.165) is 12.1 Å². The summed E-state index contributed by atoms with van der Waals surface area (Å²) in [6, 6.07) is 10.1. The van der Waals surface area contributed by atoms with Crippen molar-refractivity contribution in [1.29, 1.82) is 0 Å². The van der Waals surface area contributed by atoms with Crippen LogP contribution in [0.3, 0.4) is 0 Å². The van der Waals surface area contributed by atoms with Crippen LogP contribution in [0.4, 0.5) is 0 Å². The summed E-state index contributed by atoms with van der Waals surface area (Å²) in [6.45, 7) is 3.83. The molecule has 0 aliphatic carbocycles. The Hall–Kier alpha value is -2.23. The van der Waals surface area contributed by atoms with Crippen LogP contribution in [-0.2, 0) is 12.8 Å². The van der Waals surface area contributed by atoms with Crippen LogP contribution in [-0.4, -0.2) is 21.0 Å². The van der Waals surface area contributed by atoms with Gasteiger partial charge >= 0.3 is 5.97 Å². The number of carbonyl (C=O) groups is 1. The zero-order valence-electron chi connectivity index (χ0n) is 11.1. The highest BCUT2D eigenvalue weighted by atomic mass is 16.4. The van der Waals surface area contributed by atoms with Gasteiger partial charge in [-0.15, -0.1) is 0 Å². The smallest absolute Gasteiger partial charge is 0.373 e. The zero-order chi connectivity index (χ0) is 13.8. The van der Waals surface area contributed by atoms with Crippen molar-refractivity contribution in [3.63, 3.8) is 0 Å². The number of rotatable bonds is 4. The quantitative estimate of drug-likeness (QED) is 0.913. The van der Waals surface area contributed by atoms with Crippen molar-refractivity contribution in [3.8, 4) is 0 Å². The van der Waals surface area contributed by atoms with Gasteiger partial charge in [0.25, 0.3) is 0 Å². The monoisotopic (exact) mass is 256 g/mol. The third kappa shape index (κ3) is 3.61. The van der Waals surface area contributed by atoms with Gasteiger partial charge in [0.15, 0.2) is 0 Å². The van der Waals surface area contributed by atoms with Gasteiger partial charge in [-0.05, 0) is 38.3 Å². The lowest BCUT2D eigenvalue weighted by atomic mass is 10.1. The van der Waals surface area contributed by atoms with E-state index >= 15 is 0 Å². The lowest BCUT2D eigenvalue weighted by Gasteiger charge is -2.04. The van der Waals surface area contributed by atoms with Crippen molar-refractivity contribution in [3.05, 3.63) is 58.7 Å². The van der Waals surface area contributed by atoms with Gasteiger partial charge in [-0.1, -0.05) is 29.8 Å². The molecule has 1 aromatic heterocycles. The van der Waals surface area contributed by atoms with Gasteiger partial charge in [-0.25, -0.2) is 14.8 Å². The number of carboxylic acids is 1. The molecule has 0 atom stereocenters. The number of hydrogen-bond acceptors (Lipinski definition) is 3. The van der Waals surface area contributed by atoms with Gasteiger partial charge in [0.2, 0.25) is 5.82 Å². The van der Waals surface area contributed by atoms with Crippen molar-refractivity contribution < 1.29 is 9.90 Å². The van der Waals surface area contributed by atoms with E-state index < -0.39 is 5.97 Å². The van der Waals surface area contributed by atoms with Crippen LogP contribution in [0.2, 0.25) is 0 Å². The Morgan fingerprint density at radius 3 is 2.42 bits per heavy atom. The van der Waals surface area contributed by atoms with Crippen molar-refractivity contribution in [2.75, 3.05) is 0 Å². The highest BCUT2D eigenvalue weighted by molar-refractivity contribution is 5.83. The van der Waals surface area contributed by atoms with E-state index in [-0.39, 0.29) is 5.82 Å². The largest absolute Gasteiger partial charge is 0.475 e. The summed E-state index contributed by atoms with van der Waals surface area (Å²) < 4.78 is 0. The lowest BCUT2D eigenvalue weighted by molar-refractivity contribution is 0.0682. The van der Waals surface area contributed by atoms with Crippen LogP contribution in [0.1, 0.15) is 33.1 Å². The Kier molecular flexibility index (Phi) is 3.90. The number of carboxylic acid groups (broad SMARTS) is 1. The molecule has 4 heteroatoms. The Balaban J connectivity index is 2.11. The molecule has 4 nitrogen and oxygen atoms in total. The molecule has 0 aliphatic rings. The minimum atomic E-state index is -1.08. The first kappa shape index (κ1) is 13.2. The number of aromatic nitrogens is 2. The highest BCUT2D eigenvalue weighted by Gasteiger charge is 2.09. The van der Waals surface area contributed by atoms with Crippen LogP contribution in [0.15, 0.2) is 30.3 Å². The predicted molar refractivity (Wildman–Crippen MR) is 72.3 cm³/mol. The van der Waals surface area contributed by atoms with Crippen molar-refractivity contribution in [2.24, 2.45) is 0 Å². The molecule has 0 unspecified atom stereocenters. The number of aromatic carboxylic acids is 1. The molecule has 1 N–H and O–H groups in total. The average Bonchev–Trinajstić information content (AvgIpc) is 2.37. The SMILES string of the molecule is Cc1ccc(CCc2cc(C)nc(C(=O)O)n2)cc1. The lowest BCUT2D eigenvalue weighted by Crippen LogP contribution is -2.08. The van der Waals surface area contributed by atoms with E-state index in [9.17, 15) is 4.79 Å². The van der Waals surface area contributed by atoms with E-state index in [0.29, 0.717) is 12.1 Å². The van der Waals surface area contributed by atoms with Gasteiger partial charge in [0, 0.05) is 11.4 Å². The van der Waals surface area contributed by atoms with Crippen molar-refractivity contribution in [2.45, 2.75) is 26.7 Å². The zero-order valence-corrected chi connectivity index (χ0v) is 11.1. The maximum absolute atomic E-state index is 10.9. The van der Waals surface area contributed by atoms with Crippen LogP contribution in [0, 0.1) is 13.8 Å². The van der Waals surface area contributed by atoms with Gasteiger partial charge in [-0.3, -0.25) is 0 Å². The van der Waals surface area contributed by atoms with E-state index in [1.54, 1.807) is 6.92 Å². The van der Waals surface area contributed by atoms with Gasteiger partial charge in [0.1, 0.15) is 0 Å². The fourth-order valence-corrected chi connectivity index (χ4v) is 1.88. The van der Waals surface area contributed by atoms with Gasteiger partial charge in [-0.2, -0.15) is 0 Å². The molecule has 0 fully saturated rings. The van der Waals surface area contributed by atoms with Crippen molar-refractivity contribution in [1.82, 2.24) is 9.97 Å². The van der Waals surface area contributed by atoms with Crippen LogP contribution in [0.5, 0.6) is 0 Å². The number of aryl methyl sites for hydroxylation is 4. The topological polar surface area (TPSA) is 63.1 Å². The third-order valence-corrected chi connectivity index (χ3v) is 2.89. The molecular formula is C15H16N2O2. The Labute approximate surface area is 112 Å². The molecule has 0 amide bonds. The number of hydrogen-bond donors (Lipinski definition) is 1. The average molecular weight is 256 g/mol. The number of nitrogens with zero attached hydrogens (tertiary/aromatic N) is 2. The predicted octanol–water partition coefficient (Wildman–Crippen LogP) is 2.58. The summed E-state index contributed by atoms with van der Waals surface area (Å²) in [7, 11) is 0. The first-order valence-corrected chi connectivity index (χ1v) is 6.18. The first-order chi connectivity index (χ1) is 9.04. The maximum atomic E-state index is 10.9. The second-order valence-electron chi connectivity index (χ2n) is 4.62.